The van der Waals surface area contributed by atoms with Crippen LogP contribution in [0.1, 0.15) is 32.8 Å². The first-order chi connectivity index (χ1) is 8.02. The summed E-state index contributed by atoms with van der Waals surface area (Å²) in [7, 11) is 0. The minimum absolute atomic E-state index is 0.0557. The average Bonchev–Trinajstić information content (AvgIpc) is 2.27. The maximum Gasteiger partial charge on any atom is 0.0989 e. The summed E-state index contributed by atoms with van der Waals surface area (Å²) >= 11 is 1.69. The van der Waals surface area contributed by atoms with Crippen molar-refractivity contribution < 1.29 is 0 Å². The largest absolute Gasteiger partial charge is 0.197 e. The van der Waals surface area contributed by atoms with Crippen molar-refractivity contribution in [3.05, 3.63) is 29.8 Å². The molecule has 1 aromatic rings. The molecule has 0 bridgehead atoms. The van der Waals surface area contributed by atoms with Gasteiger partial charge < -0.3 is 0 Å². The lowest BCUT2D eigenvalue weighted by atomic mass is 9.96. The summed E-state index contributed by atoms with van der Waals surface area (Å²) in [5.41, 5.74) is 1.26. The van der Waals surface area contributed by atoms with E-state index in [1.54, 1.807) is 11.8 Å². The molecule has 0 heterocycles. The summed E-state index contributed by atoms with van der Waals surface area (Å²) in [4.78, 5) is 1.19. The molecule has 0 saturated carbocycles. The van der Waals surface area contributed by atoms with Crippen LogP contribution in [0, 0.1) is 30.1 Å². The molecule has 1 rings (SSSR count). The molecule has 0 amide bonds. The number of hydrogen-bond acceptors (Lipinski definition) is 2. The van der Waals surface area contributed by atoms with Crippen LogP contribution in [0.4, 0.5) is 0 Å². The van der Waals surface area contributed by atoms with E-state index in [0.717, 1.165) is 6.42 Å². The van der Waals surface area contributed by atoms with Gasteiger partial charge in [-0.3, -0.25) is 0 Å². The SMILES string of the molecule is Cc1ccc(SC(C#N)C(C)CC(C)C)cc1. The number of nitriles is 1. The Balaban J connectivity index is 2.64. The maximum atomic E-state index is 9.25. The zero-order chi connectivity index (χ0) is 12.8. The summed E-state index contributed by atoms with van der Waals surface area (Å²) in [5, 5.41) is 9.31. The van der Waals surface area contributed by atoms with Gasteiger partial charge in [0.2, 0.25) is 0 Å². The van der Waals surface area contributed by atoms with E-state index >= 15 is 0 Å². The van der Waals surface area contributed by atoms with Crippen molar-refractivity contribution in [2.45, 2.75) is 44.3 Å². The van der Waals surface area contributed by atoms with Crippen molar-refractivity contribution >= 4 is 11.8 Å². The van der Waals surface area contributed by atoms with Gasteiger partial charge in [0.05, 0.1) is 11.3 Å². The van der Waals surface area contributed by atoms with Gasteiger partial charge in [0.1, 0.15) is 0 Å². The molecule has 0 radical (unpaired) electrons. The fourth-order valence-corrected chi connectivity index (χ4v) is 2.88. The fraction of sp³-hybridized carbons (Fsp3) is 0.533. The lowest BCUT2D eigenvalue weighted by molar-refractivity contribution is 0.452. The first-order valence-corrected chi connectivity index (χ1v) is 7.04. The van der Waals surface area contributed by atoms with Crippen molar-refractivity contribution in [3.8, 4) is 6.07 Å². The summed E-state index contributed by atoms with van der Waals surface area (Å²) in [6, 6.07) is 10.8. The summed E-state index contributed by atoms with van der Waals surface area (Å²) < 4.78 is 0. The van der Waals surface area contributed by atoms with Crippen molar-refractivity contribution in [3.63, 3.8) is 0 Å². The molecule has 1 nitrogen and oxygen atoms in total. The maximum absolute atomic E-state index is 9.25. The van der Waals surface area contributed by atoms with E-state index in [-0.39, 0.29) is 5.25 Å². The molecule has 17 heavy (non-hydrogen) atoms. The Morgan fingerprint density at radius 3 is 2.24 bits per heavy atom. The van der Waals surface area contributed by atoms with Crippen LogP contribution in [-0.4, -0.2) is 5.25 Å². The number of rotatable bonds is 5. The Labute approximate surface area is 109 Å². The Morgan fingerprint density at radius 2 is 1.76 bits per heavy atom. The predicted octanol–water partition coefficient (Wildman–Crippen LogP) is 4.66. The van der Waals surface area contributed by atoms with Gasteiger partial charge in [-0.05, 0) is 37.3 Å². The quantitative estimate of drug-likeness (QED) is 0.706. The molecule has 0 spiro atoms. The van der Waals surface area contributed by atoms with E-state index in [1.165, 1.54) is 10.5 Å². The number of nitrogens with zero attached hydrogens (tertiary/aromatic N) is 1. The second-order valence-corrected chi connectivity index (χ2v) is 6.30. The number of aryl methyl sites for hydroxylation is 1. The Morgan fingerprint density at radius 1 is 1.18 bits per heavy atom. The third kappa shape index (κ3) is 4.83. The van der Waals surface area contributed by atoms with E-state index in [2.05, 4.69) is 58.0 Å². The summed E-state index contributed by atoms with van der Waals surface area (Å²) in [6.07, 6.45) is 1.11. The average molecular weight is 247 g/mol. The Kier molecular flexibility index (Phi) is 5.58. The van der Waals surface area contributed by atoms with Gasteiger partial charge in [-0.25, -0.2) is 0 Å². The van der Waals surface area contributed by atoms with Crippen molar-refractivity contribution in [2.24, 2.45) is 11.8 Å². The third-order valence-electron chi connectivity index (χ3n) is 2.77. The Hall–Kier alpha value is -0.940. The molecule has 2 heteroatoms. The molecule has 0 aliphatic carbocycles. The molecule has 2 unspecified atom stereocenters. The highest BCUT2D eigenvalue weighted by Gasteiger charge is 2.18. The molecule has 2 atom stereocenters. The van der Waals surface area contributed by atoms with Crippen LogP contribution in [0.25, 0.3) is 0 Å². The van der Waals surface area contributed by atoms with Crippen LogP contribution in [0.2, 0.25) is 0 Å². The zero-order valence-corrected chi connectivity index (χ0v) is 11.9. The van der Waals surface area contributed by atoms with Gasteiger partial charge in [-0.1, -0.05) is 38.5 Å². The molecule has 92 valence electrons. The number of thioether (sulfide) groups is 1. The first-order valence-electron chi connectivity index (χ1n) is 6.16. The lowest BCUT2D eigenvalue weighted by Crippen LogP contribution is -2.14. The van der Waals surface area contributed by atoms with Gasteiger partial charge in [-0.15, -0.1) is 11.8 Å². The second kappa shape index (κ2) is 6.71. The molecule has 0 aliphatic rings. The third-order valence-corrected chi connectivity index (χ3v) is 4.14. The highest BCUT2D eigenvalue weighted by atomic mass is 32.2. The standard InChI is InChI=1S/C15H21NS/c1-11(2)9-13(4)15(10-16)17-14-7-5-12(3)6-8-14/h5-8,11,13,15H,9H2,1-4H3. The molecular formula is C15H21NS. The minimum atomic E-state index is 0.0557. The topological polar surface area (TPSA) is 23.8 Å². The van der Waals surface area contributed by atoms with Gasteiger partial charge in [0, 0.05) is 4.90 Å². The van der Waals surface area contributed by atoms with Crippen LogP contribution in [0.15, 0.2) is 29.2 Å². The van der Waals surface area contributed by atoms with Crippen LogP contribution in [-0.2, 0) is 0 Å². The lowest BCUT2D eigenvalue weighted by Gasteiger charge is -2.19. The van der Waals surface area contributed by atoms with Gasteiger partial charge in [0.25, 0.3) is 0 Å². The van der Waals surface area contributed by atoms with E-state index in [9.17, 15) is 5.26 Å². The highest BCUT2D eigenvalue weighted by Crippen LogP contribution is 2.30. The first kappa shape index (κ1) is 14.1. The Bertz CT molecular complexity index is 375. The van der Waals surface area contributed by atoms with Crippen LogP contribution in [0.5, 0.6) is 0 Å². The van der Waals surface area contributed by atoms with Crippen molar-refractivity contribution in [1.29, 1.82) is 5.26 Å². The van der Waals surface area contributed by atoms with E-state index in [4.69, 9.17) is 0 Å². The second-order valence-electron chi connectivity index (χ2n) is 5.09. The molecular weight excluding hydrogens is 226 g/mol. The minimum Gasteiger partial charge on any atom is -0.197 e. The van der Waals surface area contributed by atoms with Crippen molar-refractivity contribution in [1.82, 2.24) is 0 Å². The van der Waals surface area contributed by atoms with E-state index in [0.29, 0.717) is 11.8 Å². The smallest absolute Gasteiger partial charge is 0.0989 e. The van der Waals surface area contributed by atoms with E-state index < -0.39 is 0 Å². The van der Waals surface area contributed by atoms with E-state index in [1.807, 2.05) is 0 Å². The molecule has 0 saturated heterocycles. The molecule has 0 N–H and O–H groups in total. The van der Waals surface area contributed by atoms with Crippen molar-refractivity contribution in [2.75, 3.05) is 0 Å². The van der Waals surface area contributed by atoms with Gasteiger partial charge in [-0.2, -0.15) is 5.26 Å². The molecule has 0 fully saturated rings. The normalized spacial score (nSPS) is 14.4. The number of benzene rings is 1. The molecule has 0 aliphatic heterocycles. The van der Waals surface area contributed by atoms with Crippen LogP contribution in [0.3, 0.4) is 0 Å². The zero-order valence-electron chi connectivity index (χ0n) is 11.1. The predicted molar refractivity (Wildman–Crippen MR) is 75.1 cm³/mol. The highest BCUT2D eigenvalue weighted by molar-refractivity contribution is 8.00. The van der Waals surface area contributed by atoms with Crippen LogP contribution >= 0.6 is 11.8 Å². The van der Waals surface area contributed by atoms with Gasteiger partial charge >= 0.3 is 0 Å². The van der Waals surface area contributed by atoms with Crippen LogP contribution < -0.4 is 0 Å². The van der Waals surface area contributed by atoms with Gasteiger partial charge in [0.15, 0.2) is 0 Å². The molecule has 1 aromatic carbocycles. The fourth-order valence-electron chi connectivity index (χ4n) is 1.90. The summed E-state index contributed by atoms with van der Waals surface area (Å²) in [6.45, 7) is 8.68. The monoisotopic (exact) mass is 247 g/mol. The number of hydrogen-bond donors (Lipinski definition) is 0. The molecule has 0 aromatic heterocycles. The summed E-state index contributed by atoms with van der Waals surface area (Å²) in [5.74, 6) is 1.09.